The average molecular weight is 169 g/mol. The molecule has 0 aromatic heterocycles. The quantitative estimate of drug-likeness (QED) is 0.431. The molecule has 0 fully saturated rings. The zero-order valence-electron chi connectivity index (χ0n) is 4.24. The maximum atomic E-state index is 12.2. The fraction of sp³-hybridized carbons (Fsp3) is 0.250. The molecule has 1 aliphatic rings. The number of halogens is 3. The summed E-state index contributed by atoms with van der Waals surface area (Å²) in [5, 5.41) is 2.27. The second-order valence-corrected chi connectivity index (χ2v) is 2.21. The highest BCUT2D eigenvalue weighted by Crippen LogP contribution is 2.12. The summed E-state index contributed by atoms with van der Waals surface area (Å²) < 4.78 is 12.2. The number of nitrogens with one attached hydrogen (secondary N) is 1. The van der Waals surface area contributed by atoms with Crippen molar-refractivity contribution in [1.82, 2.24) is 5.32 Å². The minimum atomic E-state index is -0.642. The topological polar surface area (TPSA) is 24.4 Å². The van der Waals surface area contributed by atoms with Crippen LogP contribution in [0, 0.1) is 0 Å². The van der Waals surface area contributed by atoms with Crippen molar-refractivity contribution in [2.24, 2.45) is 4.99 Å². The third-order valence-corrected chi connectivity index (χ3v) is 1.29. The molecular weight excluding hydrogens is 166 g/mol. The van der Waals surface area contributed by atoms with Gasteiger partial charge in [-0.1, -0.05) is 23.2 Å². The van der Waals surface area contributed by atoms with Crippen LogP contribution in [0.25, 0.3) is 0 Å². The Hall–Kier alpha value is -0.280. The van der Waals surface area contributed by atoms with Gasteiger partial charge in [0.15, 0.2) is 11.5 Å². The molecule has 9 heavy (non-hydrogen) atoms. The van der Waals surface area contributed by atoms with Crippen LogP contribution in [-0.2, 0) is 0 Å². The second-order valence-electron chi connectivity index (χ2n) is 1.42. The number of rotatable bonds is 0. The molecule has 0 spiro atoms. The van der Waals surface area contributed by atoms with Gasteiger partial charge in [-0.3, -0.25) is 0 Å². The molecule has 0 aromatic rings. The molecule has 5 heteroatoms. The van der Waals surface area contributed by atoms with E-state index in [1.54, 1.807) is 0 Å². The first-order valence-electron chi connectivity index (χ1n) is 2.19. The van der Waals surface area contributed by atoms with Gasteiger partial charge in [0.1, 0.15) is 5.16 Å². The smallest absolute Gasteiger partial charge is 0.196 e. The van der Waals surface area contributed by atoms with Crippen molar-refractivity contribution in [1.29, 1.82) is 0 Å². The Bertz CT molecular complexity index is 177. The number of aliphatic imine (C=N–C) groups is 1. The van der Waals surface area contributed by atoms with Crippen LogP contribution in [0.5, 0.6) is 0 Å². The summed E-state index contributed by atoms with van der Waals surface area (Å²) in [4.78, 5) is 3.47. The molecule has 1 atom stereocenters. The number of allylic oxidation sites excluding steroid dienone is 1. The van der Waals surface area contributed by atoms with Crippen molar-refractivity contribution >= 4 is 29.4 Å². The van der Waals surface area contributed by atoms with Crippen molar-refractivity contribution in [2.45, 2.75) is 5.62 Å². The summed E-state index contributed by atoms with van der Waals surface area (Å²) in [6.07, 6.45) is 0.983. The molecule has 0 saturated carbocycles. The Morgan fingerprint density at radius 1 is 1.78 bits per heavy atom. The van der Waals surface area contributed by atoms with Gasteiger partial charge in [0, 0.05) is 0 Å². The van der Waals surface area contributed by atoms with Crippen LogP contribution in [-0.4, -0.2) is 11.8 Å². The standard InChI is InChI=1S/C4H3Cl2FN2/c5-3-2(7)1-8-4(6)9-3/h1,4,9H. The number of alkyl halides is 1. The zero-order chi connectivity index (χ0) is 6.85. The second kappa shape index (κ2) is 2.54. The van der Waals surface area contributed by atoms with Gasteiger partial charge in [0.05, 0.1) is 6.21 Å². The number of hydrogen-bond acceptors (Lipinski definition) is 2. The van der Waals surface area contributed by atoms with Crippen LogP contribution in [0.2, 0.25) is 0 Å². The van der Waals surface area contributed by atoms with E-state index < -0.39 is 11.5 Å². The molecule has 0 bridgehead atoms. The van der Waals surface area contributed by atoms with Crippen LogP contribution >= 0.6 is 23.2 Å². The summed E-state index contributed by atoms with van der Waals surface area (Å²) in [6.45, 7) is 0. The highest BCUT2D eigenvalue weighted by atomic mass is 35.5. The van der Waals surface area contributed by atoms with E-state index in [-0.39, 0.29) is 5.16 Å². The molecule has 0 amide bonds. The average Bonchev–Trinajstić information content (AvgIpc) is 1.80. The maximum Gasteiger partial charge on any atom is 0.196 e. The molecule has 1 N–H and O–H groups in total. The first kappa shape index (κ1) is 6.83. The van der Waals surface area contributed by atoms with Gasteiger partial charge in [0.2, 0.25) is 0 Å². The third kappa shape index (κ3) is 1.56. The molecular formula is C4H3Cl2FN2. The van der Waals surface area contributed by atoms with Crippen LogP contribution < -0.4 is 5.32 Å². The summed E-state index contributed by atoms with van der Waals surface area (Å²) in [6, 6.07) is 0. The SMILES string of the molecule is FC1=C(Cl)NC(Cl)N=C1. The fourth-order valence-corrected chi connectivity index (χ4v) is 0.772. The Balaban J connectivity index is 2.75. The third-order valence-electron chi connectivity index (χ3n) is 0.774. The van der Waals surface area contributed by atoms with Gasteiger partial charge in [0.25, 0.3) is 0 Å². The van der Waals surface area contributed by atoms with E-state index in [4.69, 9.17) is 23.2 Å². The van der Waals surface area contributed by atoms with Crippen molar-refractivity contribution in [3.05, 3.63) is 11.0 Å². The summed E-state index contributed by atoms with van der Waals surface area (Å²) in [7, 11) is 0. The molecule has 1 aliphatic heterocycles. The zero-order valence-corrected chi connectivity index (χ0v) is 5.75. The molecule has 0 radical (unpaired) electrons. The van der Waals surface area contributed by atoms with E-state index in [9.17, 15) is 4.39 Å². The van der Waals surface area contributed by atoms with Crippen molar-refractivity contribution < 1.29 is 4.39 Å². The minimum Gasteiger partial charge on any atom is -0.339 e. The highest BCUT2D eigenvalue weighted by molar-refractivity contribution is 6.32. The monoisotopic (exact) mass is 168 g/mol. The minimum absolute atomic E-state index is 0.0926. The molecule has 1 unspecified atom stereocenters. The van der Waals surface area contributed by atoms with Gasteiger partial charge < -0.3 is 5.32 Å². The predicted octanol–water partition coefficient (Wildman–Crippen LogP) is 1.56. The van der Waals surface area contributed by atoms with Gasteiger partial charge in [-0.15, -0.1) is 0 Å². The normalized spacial score (nSPS) is 26.3. The largest absolute Gasteiger partial charge is 0.339 e. The lowest BCUT2D eigenvalue weighted by atomic mass is 10.5. The van der Waals surface area contributed by atoms with E-state index >= 15 is 0 Å². The van der Waals surface area contributed by atoms with E-state index in [0.29, 0.717) is 0 Å². The van der Waals surface area contributed by atoms with E-state index in [1.807, 2.05) is 0 Å². The van der Waals surface area contributed by atoms with E-state index in [1.165, 1.54) is 0 Å². The lowest BCUT2D eigenvalue weighted by molar-refractivity contribution is 0.641. The Morgan fingerprint density at radius 2 is 2.44 bits per heavy atom. The highest BCUT2D eigenvalue weighted by Gasteiger charge is 2.10. The first-order chi connectivity index (χ1) is 4.20. The molecule has 2 nitrogen and oxygen atoms in total. The number of hydrogen-bond donors (Lipinski definition) is 1. The molecule has 0 aromatic carbocycles. The van der Waals surface area contributed by atoms with Gasteiger partial charge in [-0.2, -0.15) is 0 Å². The predicted molar refractivity (Wildman–Crippen MR) is 35.3 cm³/mol. The van der Waals surface area contributed by atoms with Crippen LogP contribution in [0.15, 0.2) is 16.0 Å². The molecule has 0 aliphatic carbocycles. The summed E-state index contributed by atoms with van der Waals surface area (Å²) in [5.41, 5.74) is -0.642. The van der Waals surface area contributed by atoms with Gasteiger partial charge >= 0.3 is 0 Å². The van der Waals surface area contributed by atoms with Crippen molar-refractivity contribution in [2.75, 3.05) is 0 Å². The lowest BCUT2D eigenvalue weighted by Gasteiger charge is -2.10. The Morgan fingerprint density at radius 3 is 2.89 bits per heavy atom. The van der Waals surface area contributed by atoms with Crippen molar-refractivity contribution in [3.63, 3.8) is 0 Å². The molecule has 0 saturated heterocycles. The molecule has 1 rings (SSSR count). The lowest BCUT2D eigenvalue weighted by Crippen LogP contribution is -2.23. The van der Waals surface area contributed by atoms with E-state index in [0.717, 1.165) is 6.21 Å². The molecule has 1 heterocycles. The number of nitrogens with zero attached hydrogens (tertiary/aromatic N) is 1. The van der Waals surface area contributed by atoms with E-state index in [2.05, 4.69) is 10.3 Å². The fourth-order valence-electron chi connectivity index (χ4n) is 0.398. The first-order valence-corrected chi connectivity index (χ1v) is 3.00. The maximum absolute atomic E-state index is 12.2. The summed E-state index contributed by atoms with van der Waals surface area (Å²) in [5.74, 6) is -0.589. The summed E-state index contributed by atoms with van der Waals surface area (Å²) >= 11 is 10.7. The van der Waals surface area contributed by atoms with Gasteiger partial charge in [-0.25, -0.2) is 9.38 Å². The molecule has 50 valence electrons. The Labute approximate surface area is 61.4 Å². The van der Waals surface area contributed by atoms with Gasteiger partial charge in [-0.05, 0) is 0 Å². The van der Waals surface area contributed by atoms with Crippen LogP contribution in [0.4, 0.5) is 4.39 Å². The van der Waals surface area contributed by atoms with Crippen LogP contribution in [0.3, 0.4) is 0 Å². The Kier molecular flexibility index (Phi) is 1.93. The van der Waals surface area contributed by atoms with Crippen LogP contribution in [0.1, 0.15) is 0 Å². The van der Waals surface area contributed by atoms with Crippen molar-refractivity contribution in [3.8, 4) is 0 Å².